The Labute approximate surface area is 181 Å². The van der Waals surface area contributed by atoms with Gasteiger partial charge in [-0.1, -0.05) is 54.9 Å². The molecule has 1 aromatic heterocycles. The molecule has 2 aliphatic rings. The standard InChI is InChI=1S/C25H24ClN3O/c1-3-16-7-9-18(10-8-16)24-23-20(5-4-6-21(23)30)27-25-22(15(2)28-29(24)25)17-11-13-19(26)14-12-17/h7-14,24,27H,3-6H2,1-2H3. The summed E-state index contributed by atoms with van der Waals surface area (Å²) < 4.78 is 2.00. The van der Waals surface area contributed by atoms with E-state index >= 15 is 0 Å². The minimum absolute atomic E-state index is 0.199. The van der Waals surface area contributed by atoms with Gasteiger partial charge in [-0.3, -0.25) is 4.79 Å². The van der Waals surface area contributed by atoms with Gasteiger partial charge in [-0.15, -0.1) is 0 Å². The number of ketones is 1. The van der Waals surface area contributed by atoms with Crippen molar-refractivity contribution < 1.29 is 4.79 Å². The van der Waals surface area contributed by atoms with Crippen LogP contribution < -0.4 is 5.32 Å². The Kier molecular flexibility index (Phi) is 4.75. The molecule has 4 nitrogen and oxygen atoms in total. The van der Waals surface area contributed by atoms with Crippen LogP contribution in [0.1, 0.15) is 49.0 Å². The maximum absolute atomic E-state index is 13.0. The number of hydrogen-bond acceptors (Lipinski definition) is 3. The highest BCUT2D eigenvalue weighted by atomic mass is 35.5. The first-order chi connectivity index (χ1) is 14.6. The first-order valence-electron chi connectivity index (χ1n) is 10.5. The van der Waals surface area contributed by atoms with Gasteiger partial charge in [-0.25, -0.2) is 4.68 Å². The number of fused-ring (bicyclic) bond motifs is 1. The van der Waals surface area contributed by atoms with Crippen molar-refractivity contribution in [3.05, 3.63) is 81.6 Å². The van der Waals surface area contributed by atoms with Crippen LogP contribution in [0, 0.1) is 6.92 Å². The van der Waals surface area contributed by atoms with Crippen LogP contribution in [-0.4, -0.2) is 15.6 Å². The van der Waals surface area contributed by atoms with Crippen LogP contribution in [0.2, 0.25) is 5.02 Å². The van der Waals surface area contributed by atoms with Crippen LogP contribution in [0.15, 0.2) is 59.8 Å². The molecule has 5 heteroatoms. The van der Waals surface area contributed by atoms with Crippen molar-refractivity contribution in [3.63, 3.8) is 0 Å². The molecule has 1 unspecified atom stereocenters. The van der Waals surface area contributed by atoms with Gasteiger partial charge < -0.3 is 5.32 Å². The van der Waals surface area contributed by atoms with Gasteiger partial charge in [0.15, 0.2) is 5.78 Å². The van der Waals surface area contributed by atoms with Gasteiger partial charge in [0.05, 0.1) is 5.69 Å². The molecule has 2 aromatic carbocycles. The summed E-state index contributed by atoms with van der Waals surface area (Å²) >= 11 is 6.11. The fourth-order valence-electron chi connectivity index (χ4n) is 4.64. The van der Waals surface area contributed by atoms with Crippen molar-refractivity contribution in [1.82, 2.24) is 9.78 Å². The Bertz CT molecular complexity index is 1160. The topological polar surface area (TPSA) is 46.9 Å². The van der Waals surface area contributed by atoms with E-state index in [2.05, 4.69) is 36.5 Å². The molecule has 0 amide bonds. The van der Waals surface area contributed by atoms with Crippen molar-refractivity contribution >= 4 is 23.2 Å². The lowest BCUT2D eigenvalue weighted by atomic mass is 9.85. The third kappa shape index (κ3) is 3.07. The number of rotatable bonds is 3. The zero-order valence-electron chi connectivity index (χ0n) is 17.2. The summed E-state index contributed by atoms with van der Waals surface area (Å²) in [6.45, 7) is 4.17. The molecule has 30 heavy (non-hydrogen) atoms. The van der Waals surface area contributed by atoms with Crippen molar-refractivity contribution in [1.29, 1.82) is 0 Å². The number of nitrogens with zero attached hydrogens (tertiary/aromatic N) is 2. The van der Waals surface area contributed by atoms with Gasteiger partial charge in [-0.05, 0) is 55.0 Å². The van der Waals surface area contributed by atoms with Crippen molar-refractivity contribution in [2.45, 2.75) is 45.6 Å². The molecule has 5 rings (SSSR count). The summed E-state index contributed by atoms with van der Waals surface area (Å²) in [6.07, 6.45) is 3.36. The molecule has 152 valence electrons. The summed E-state index contributed by atoms with van der Waals surface area (Å²) in [4.78, 5) is 13.0. The number of Topliss-reactive ketones (excluding diaryl/α,β-unsaturated/α-hetero) is 1. The Morgan fingerprint density at radius 1 is 1.10 bits per heavy atom. The van der Waals surface area contributed by atoms with Crippen LogP contribution >= 0.6 is 11.6 Å². The zero-order valence-corrected chi connectivity index (χ0v) is 18.0. The molecule has 0 bridgehead atoms. The summed E-state index contributed by atoms with van der Waals surface area (Å²) in [6, 6.07) is 16.2. The molecule has 1 atom stereocenters. The van der Waals surface area contributed by atoms with Crippen molar-refractivity contribution in [2.75, 3.05) is 5.32 Å². The molecule has 1 aliphatic heterocycles. The second-order valence-corrected chi connectivity index (χ2v) is 8.49. The number of carbonyl (C=O) groups excluding carboxylic acids is 1. The third-order valence-corrected chi connectivity index (χ3v) is 6.42. The van der Waals surface area contributed by atoms with E-state index in [9.17, 15) is 4.79 Å². The summed E-state index contributed by atoms with van der Waals surface area (Å²) in [5.41, 5.74) is 7.35. The van der Waals surface area contributed by atoms with E-state index < -0.39 is 0 Å². The minimum Gasteiger partial charge on any atom is -0.343 e. The molecule has 3 aromatic rings. The average molecular weight is 418 g/mol. The smallest absolute Gasteiger partial charge is 0.163 e. The van der Waals surface area contributed by atoms with Crippen LogP contribution in [0.25, 0.3) is 11.1 Å². The van der Waals surface area contributed by atoms with Crippen LogP contribution in [-0.2, 0) is 11.2 Å². The van der Waals surface area contributed by atoms with Gasteiger partial charge in [-0.2, -0.15) is 5.10 Å². The summed E-state index contributed by atoms with van der Waals surface area (Å²) in [7, 11) is 0. The minimum atomic E-state index is -0.199. The molecule has 0 saturated carbocycles. The van der Waals surface area contributed by atoms with Gasteiger partial charge in [0, 0.05) is 28.3 Å². The summed E-state index contributed by atoms with van der Waals surface area (Å²) in [5.74, 6) is 1.17. The van der Waals surface area contributed by atoms with Crippen LogP contribution in [0.5, 0.6) is 0 Å². The third-order valence-electron chi connectivity index (χ3n) is 6.17. The normalized spacial score (nSPS) is 18.1. The first kappa shape index (κ1) is 19.1. The highest BCUT2D eigenvalue weighted by Gasteiger charge is 2.37. The number of aryl methyl sites for hydroxylation is 2. The Morgan fingerprint density at radius 2 is 1.83 bits per heavy atom. The fourth-order valence-corrected chi connectivity index (χ4v) is 4.76. The van der Waals surface area contributed by atoms with Gasteiger partial charge in [0.2, 0.25) is 0 Å². The number of halogens is 1. The largest absolute Gasteiger partial charge is 0.343 e. The van der Waals surface area contributed by atoms with E-state index in [0.717, 1.165) is 58.7 Å². The highest BCUT2D eigenvalue weighted by molar-refractivity contribution is 6.30. The summed E-state index contributed by atoms with van der Waals surface area (Å²) in [5, 5.41) is 9.20. The lowest BCUT2D eigenvalue weighted by Crippen LogP contribution is -2.31. The Hall–Kier alpha value is -2.85. The predicted molar refractivity (Wildman–Crippen MR) is 121 cm³/mol. The van der Waals surface area contributed by atoms with Gasteiger partial charge in [0.25, 0.3) is 0 Å². The molecular formula is C25H24ClN3O. The Morgan fingerprint density at radius 3 is 2.53 bits per heavy atom. The SMILES string of the molecule is CCc1ccc(C2C3=C(CCCC3=O)Nc3c(-c4ccc(Cl)cc4)c(C)nn32)cc1. The number of hydrogen-bond donors (Lipinski definition) is 1. The number of nitrogens with one attached hydrogen (secondary N) is 1. The second kappa shape index (κ2) is 7.44. The molecular weight excluding hydrogens is 394 g/mol. The number of carbonyl (C=O) groups is 1. The van der Waals surface area contributed by atoms with Crippen molar-refractivity contribution in [2.24, 2.45) is 0 Å². The molecule has 2 heterocycles. The van der Waals surface area contributed by atoms with Crippen LogP contribution in [0.3, 0.4) is 0 Å². The number of allylic oxidation sites excluding steroid dienone is 2. The van der Waals surface area contributed by atoms with E-state index in [4.69, 9.17) is 16.7 Å². The molecule has 0 spiro atoms. The number of aromatic nitrogens is 2. The van der Waals surface area contributed by atoms with Gasteiger partial charge >= 0.3 is 0 Å². The fraction of sp³-hybridized carbons (Fsp3) is 0.280. The van der Waals surface area contributed by atoms with E-state index in [-0.39, 0.29) is 11.8 Å². The molecule has 1 N–H and O–H groups in total. The highest BCUT2D eigenvalue weighted by Crippen LogP contribution is 2.45. The number of benzene rings is 2. The predicted octanol–water partition coefficient (Wildman–Crippen LogP) is 6.10. The van der Waals surface area contributed by atoms with Crippen LogP contribution in [0.4, 0.5) is 5.82 Å². The van der Waals surface area contributed by atoms with E-state index in [1.54, 1.807) is 0 Å². The first-order valence-corrected chi connectivity index (χ1v) is 10.9. The van der Waals surface area contributed by atoms with E-state index in [1.807, 2.05) is 35.9 Å². The monoisotopic (exact) mass is 417 g/mol. The maximum atomic E-state index is 13.0. The van der Waals surface area contributed by atoms with Crippen molar-refractivity contribution in [3.8, 4) is 11.1 Å². The van der Waals surface area contributed by atoms with E-state index in [1.165, 1.54) is 5.56 Å². The lowest BCUT2D eigenvalue weighted by molar-refractivity contribution is -0.116. The molecule has 1 aliphatic carbocycles. The average Bonchev–Trinajstić information content (AvgIpc) is 3.08. The molecule has 0 radical (unpaired) electrons. The quantitative estimate of drug-likeness (QED) is 0.560. The lowest BCUT2D eigenvalue weighted by Gasteiger charge is -2.33. The zero-order chi connectivity index (χ0) is 20.8. The second-order valence-electron chi connectivity index (χ2n) is 8.05. The molecule has 0 saturated heterocycles. The molecule has 0 fully saturated rings. The Balaban J connectivity index is 1.71. The van der Waals surface area contributed by atoms with Gasteiger partial charge in [0.1, 0.15) is 11.9 Å². The maximum Gasteiger partial charge on any atom is 0.163 e. The number of anilines is 1. The van der Waals surface area contributed by atoms with E-state index in [0.29, 0.717) is 11.4 Å².